The molecule has 1 aromatic carbocycles. The summed E-state index contributed by atoms with van der Waals surface area (Å²) in [6.45, 7) is 1.23. The van der Waals surface area contributed by atoms with E-state index in [-0.39, 0.29) is 12.2 Å². The summed E-state index contributed by atoms with van der Waals surface area (Å²) < 4.78 is 29.3. The molecule has 0 bridgehead atoms. The number of ether oxygens (including phenoxy) is 1. The zero-order valence-corrected chi connectivity index (χ0v) is 11.0. The second kappa shape index (κ2) is 6.47. The van der Waals surface area contributed by atoms with Crippen LogP contribution >= 0.6 is 0 Å². The summed E-state index contributed by atoms with van der Waals surface area (Å²) >= 11 is 0. The molecular weight excluding hydrogens is 254 g/mol. The van der Waals surface area contributed by atoms with Gasteiger partial charge < -0.3 is 15.8 Å². The lowest BCUT2D eigenvalue weighted by Crippen LogP contribution is -2.43. The quantitative estimate of drug-likeness (QED) is 0.797. The Hall–Kier alpha value is -1.69. The van der Waals surface area contributed by atoms with Gasteiger partial charge in [0.25, 0.3) is 0 Å². The van der Waals surface area contributed by atoms with Crippen LogP contribution in [0.2, 0.25) is 0 Å². The van der Waals surface area contributed by atoms with E-state index in [1.165, 1.54) is 6.07 Å². The van der Waals surface area contributed by atoms with E-state index >= 15 is 0 Å². The van der Waals surface area contributed by atoms with Gasteiger partial charge in [0.2, 0.25) is 5.91 Å². The molecule has 1 aromatic rings. The number of alkyl halides is 2. The van der Waals surface area contributed by atoms with Gasteiger partial charge in [0.1, 0.15) is 5.75 Å². The fraction of sp³-hybridized carbons (Fsp3) is 0.462. The highest BCUT2D eigenvalue weighted by Crippen LogP contribution is 2.33. The van der Waals surface area contributed by atoms with E-state index in [1.807, 2.05) is 6.92 Å². The Morgan fingerprint density at radius 1 is 1.47 bits per heavy atom. The molecule has 0 radical (unpaired) electrons. The molecule has 0 spiro atoms. The molecule has 0 fully saturated rings. The highest BCUT2D eigenvalue weighted by Gasteiger charge is 2.31. The number of hydrogen-bond acceptors (Lipinski definition) is 3. The summed E-state index contributed by atoms with van der Waals surface area (Å²) in [6, 6.07) is 6.38. The van der Waals surface area contributed by atoms with Gasteiger partial charge in [-0.05, 0) is 19.5 Å². The fourth-order valence-corrected chi connectivity index (χ4v) is 2.11. The van der Waals surface area contributed by atoms with Crippen molar-refractivity contribution in [2.24, 2.45) is 5.73 Å². The molecule has 0 saturated heterocycles. The van der Waals surface area contributed by atoms with E-state index in [9.17, 15) is 13.6 Å². The summed E-state index contributed by atoms with van der Waals surface area (Å²) in [5.41, 5.74) is 4.87. The summed E-state index contributed by atoms with van der Waals surface area (Å²) in [5.74, 6) is -0.475. The maximum Gasteiger partial charge on any atom is 0.387 e. The standard InChI is InChI=1S/C13H18F2N2O2/c1-3-17-13(2,8-11(16)18)9-6-4-5-7-10(9)19-12(14)15/h4-7,12,17H,3,8H2,1-2H3,(H2,16,18). The van der Waals surface area contributed by atoms with Crippen LogP contribution in [0.3, 0.4) is 0 Å². The largest absolute Gasteiger partial charge is 0.434 e. The number of carbonyl (C=O) groups excluding carboxylic acids is 1. The van der Waals surface area contributed by atoms with E-state index in [0.717, 1.165) is 0 Å². The summed E-state index contributed by atoms with van der Waals surface area (Å²) in [5, 5.41) is 3.09. The lowest BCUT2D eigenvalue weighted by Gasteiger charge is -2.31. The number of carbonyl (C=O) groups is 1. The fourth-order valence-electron chi connectivity index (χ4n) is 2.11. The average Bonchev–Trinajstić information content (AvgIpc) is 2.27. The molecule has 19 heavy (non-hydrogen) atoms. The van der Waals surface area contributed by atoms with Crippen molar-refractivity contribution in [1.29, 1.82) is 0 Å². The van der Waals surface area contributed by atoms with Crippen LogP contribution in [0, 0.1) is 0 Å². The summed E-state index contributed by atoms with van der Waals surface area (Å²) in [6.07, 6.45) is -0.00947. The Bertz CT molecular complexity index is 440. The lowest BCUT2D eigenvalue weighted by atomic mass is 9.87. The molecule has 0 saturated carbocycles. The van der Waals surface area contributed by atoms with E-state index in [2.05, 4.69) is 10.1 Å². The Kier molecular flexibility index (Phi) is 5.23. The van der Waals surface area contributed by atoms with Gasteiger partial charge in [0, 0.05) is 12.0 Å². The van der Waals surface area contributed by atoms with Crippen molar-refractivity contribution in [2.45, 2.75) is 32.4 Å². The molecule has 0 aromatic heterocycles. The van der Waals surface area contributed by atoms with Gasteiger partial charge >= 0.3 is 6.61 Å². The minimum absolute atomic E-state index is 0.00947. The maximum absolute atomic E-state index is 12.4. The minimum Gasteiger partial charge on any atom is -0.434 e. The van der Waals surface area contributed by atoms with Gasteiger partial charge in [-0.2, -0.15) is 8.78 Å². The van der Waals surface area contributed by atoms with Gasteiger partial charge in [-0.3, -0.25) is 4.79 Å². The molecule has 0 aliphatic rings. The van der Waals surface area contributed by atoms with Crippen molar-refractivity contribution in [3.63, 3.8) is 0 Å². The third kappa shape index (κ3) is 4.17. The number of amides is 1. The average molecular weight is 272 g/mol. The van der Waals surface area contributed by atoms with E-state index in [1.54, 1.807) is 25.1 Å². The zero-order chi connectivity index (χ0) is 14.5. The molecule has 0 aliphatic carbocycles. The van der Waals surface area contributed by atoms with Crippen molar-refractivity contribution < 1.29 is 18.3 Å². The SMILES string of the molecule is CCNC(C)(CC(N)=O)c1ccccc1OC(F)F. The first-order valence-corrected chi connectivity index (χ1v) is 5.96. The van der Waals surface area contributed by atoms with Crippen LogP contribution in [-0.4, -0.2) is 19.1 Å². The first-order valence-electron chi connectivity index (χ1n) is 5.96. The molecule has 4 nitrogen and oxygen atoms in total. The molecule has 0 heterocycles. The summed E-state index contributed by atoms with van der Waals surface area (Å²) in [7, 11) is 0. The molecule has 1 amide bonds. The summed E-state index contributed by atoms with van der Waals surface area (Å²) in [4.78, 5) is 11.2. The second-order valence-electron chi connectivity index (χ2n) is 4.38. The van der Waals surface area contributed by atoms with Crippen molar-refractivity contribution in [1.82, 2.24) is 5.32 Å². The number of rotatable bonds is 7. The van der Waals surface area contributed by atoms with Gasteiger partial charge in [0.15, 0.2) is 0 Å². The van der Waals surface area contributed by atoms with Crippen LogP contribution < -0.4 is 15.8 Å². The number of nitrogens with one attached hydrogen (secondary N) is 1. The molecular formula is C13H18F2N2O2. The number of hydrogen-bond donors (Lipinski definition) is 2. The zero-order valence-electron chi connectivity index (χ0n) is 11.0. The molecule has 1 unspecified atom stereocenters. The topological polar surface area (TPSA) is 64.3 Å². The molecule has 1 atom stereocenters. The van der Waals surface area contributed by atoms with Crippen molar-refractivity contribution >= 4 is 5.91 Å². The van der Waals surface area contributed by atoms with E-state index in [0.29, 0.717) is 12.1 Å². The number of halogens is 2. The third-order valence-electron chi connectivity index (χ3n) is 2.79. The molecule has 1 rings (SSSR count). The number of para-hydroxylation sites is 1. The first-order chi connectivity index (χ1) is 8.89. The Labute approximate surface area is 110 Å². The Balaban J connectivity index is 3.17. The van der Waals surface area contributed by atoms with Crippen LogP contribution in [0.15, 0.2) is 24.3 Å². The lowest BCUT2D eigenvalue weighted by molar-refractivity contribution is -0.119. The molecule has 106 valence electrons. The van der Waals surface area contributed by atoms with Gasteiger partial charge in [-0.15, -0.1) is 0 Å². The van der Waals surface area contributed by atoms with E-state index < -0.39 is 18.1 Å². The van der Waals surface area contributed by atoms with Gasteiger partial charge in [0.05, 0.1) is 5.54 Å². The predicted molar refractivity (Wildman–Crippen MR) is 67.9 cm³/mol. The smallest absolute Gasteiger partial charge is 0.387 e. The highest BCUT2D eigenvalue weighted by molar-refractivity contribution is 5.75. The number of primary amides is 1. The monoisotopic (exact) mass is 272 g/mol. The van der Waals surface area contributed by atoms with E-state index in [4.69, 9.17) is 5.73 Å². The molecule has 0 aliphatic heterocycles. The molecule has 3 N–H and O–H groups in total. The van der Waals surface area contributed by atoms with Crippen LogP contribution in [0.25, 0.3) is 0 Å². The van der Waals surface area contributed by atoms with Crippen LogP contribution in [0.4, 0.5) is 8.78 Å². The van der Waals surface area contributed by atoms with Crippen LogP contribution in [-0.2, 0) is 10.3 Å². The third-order valence-corrected chi connectivity index (χ3v) is 2.79. The predicted octanol–water partition coefficient (Wildman–Crippen LogP) is 1.99. The normalized spacial score (nSPS) is 14.2. The van der Waals surface area contributed by atoms with Crippen molar-refractivity contribution in [3.05, 3.63) is 29.8 Å². The first kappa shape index (κ1) is 15.4. The van der Waals surface area contributed by atoms with Crippen molar-refractivity contribution in [2.75, 3.05) is 6.54 Å². The Morgan fingerprint density at radius 3 is 2.63 bits per heavy atom. The van der Waals surface area contributed by atoms with Gasteiger partial charge in [-0.1, -0.05) is 25.1 Å². The highest BCUT2D eigenvalue weighted by atomic mass is 19.3. The number of benzene rings is 1. The minimum atomic E-state index is -2.92. The van der Waals surface area contributed by atoms with Gasteiger partial charge in [-0.25, -0.2) is 0 Å². The van der Waals surface area contributed by atoms with Crippen molar-refractivity contribution in [3.8, 4) is 5.75 Å². The maximum atomic E-state index is 12.4. The van der Waals surface area contributed by atoms with Crippen LogP contribution in [0.5, 0.6) is 5.75 Å². The van der Waals surface area contributed by atoms with Crippen LogP contribution in [0.1, 0.15) is 25.8 Å². The second-order valence-corrected chi connectivity index (χ2v) is 4.38. The molecule has 6 heteroatoms. The Morgan fingerprint density at radius 2 is 2.11 bits per heavy atom. The number of nitrogens with two attached hydrogens (primary N) is 1.